The van der Waals surface area contributed by atoms with Gasteiger partial charge in [-0.1, -0.05) is 24.3 Å². The van der Waals surface area contributed by atoms with Crippen LogP contribution in [0.3, 0.4) is 0 Å². The summed E-state index contributed by atoms with van der Waals surface area (Å²) in [4.78, 5) is 14.3. The molecule has 0 bridgehead atoms. The lowest BCUT2D eigenvalue weighted by Gasteiger charge is -2.15. The maximum atomic E-state index is 12.4. The first-order chi connectivity index (χ1) is 10.2. The Morgan fingerprint density at radius 2 is 1.67 bits per heavy atom. The van der Waals surface area contributed by atoms with Crippen LogP contribution < -0.4 is 0 Å². The summed E-state index contributed by atoms with van der Waals surface area (Å²) in [5.74, 6) is 0.405. The van der Waals surface area contributed by atoms with Crippen LogP contribution in [0.2, 0.25) is 0 Å². The summed E-state index contributed by atoms with van der Waals surface area (Å²) >= 11 is 0. The average Bonchev–Trinajstić information content (AvgIpc) is 3.01. The lowest BCUT2D eigenvalue weighted by molar-refractivity contribution is 0.0792. The van der Waals surface area contributed by atoms with Gasteiger partial charge >= 0.3 is 0 Å². The highest BCUT2D eigenvalue weighted by molar-refractivity contribution is 5.94. The predicted molar refractivity (Wildman–Crippen MR) is 82.5 cm³/mol. The number of hydrogen-bond donors (Lipinski definition) is 1. The zero-order valence-electron chi connectivity index (χ0n) is 12.0. The van der Waals surface area contributed by atoms with Gasteiger partial charge < -0.3 is 10.0 Å². The molecule has 1 aliphatic heterocycles. The first kappa shape index (κ1) is 13.7. The van der Waals surface area contributed by atoms with Crippen molar-refractivity contribution in [1.29, 1.82) is 0 Å². The van der Waals surface area contributed by atoms with E-state index in [0.717, 1.165) is 49.0 Å². The molecule has 3 rings (SSSR count). The molecule has 1 N–H and O–H groups in total. The van der Waals surface area contributed by atoms with E-state index >= 15 is 0 Å². The number of benzene rings is 2. The number of hydrogen-bond acceptors (Lipinski definition) is 2. The van der Waals surface area contributed by atoms with Gasteiger partial charge in [-0.2, -0.15) is 0 Å². The third kappa shape index (κ3) is 3.24. The quantitative estimate of drug-likeness (QED) is 0.938. The summed E-state index contributed by atoms with van der Waals surface area (Å²) in [7, 11) is 0. The lowest BCUT2D eigenvalue weighted by Crippen LogP contribution is -2.27. The number of amides is 1. The first-order valence-corrected chi connectivity index (χ1v) is 7.38. The van der Waals surface area contributed by atoms with Crippen LogP contribution in [-0.4, -0.2) is 29.0 Å². The van der Waals surface area contributed by atoms with Crippen LogP contribution in [0.5, 0.6) is 5.75 Å². The van der Waals surface area contributed by atoms with Crippen molar-refractivity contribution in [2.45, 2.75) is 19.3 Å². The Morgan fingerprint density at radius 1 is 1.00 bits per heavy atom. The van der Waals surface area contributed by atoms with Gasteiger partial charge in [0.15, 0.2) is 0 Å². The molecular formula is C18H19NO2. The van der Waals surface area contributed by atoms with Crippen molar-refractivity contribution in [2.75, 3.05) is 13.1 Å². The maximum absolute atomic E-state index is 12.4. The number of phenols is 1. The summed E-state index contributed by atoms with van der Waals surface area (Å²) in [6, 6.07) is 15.0. The highest BCUT2D eigenvalue weighted by Gasteiger charge is 2.19. The molecule has 2 aromatic carbocycles. The number of rotatable bonds is 3. The second-order valence-electron chi connectivity index (χ2n) is 5.55. The molecule has 1 fully saturated rings. The van der Waals surface area contributed by atoms with Gasteiger partial charge in [0.2, 0.25) is 0 Å². The molecule has 1 aliphatic rings. The van der Waals surface area contributed by atoms with E-state index in [1.807, 2.05) is 41.3 Å². The third-order valence-electron chi connectivity index (χ3n) is 3.89. The molecule has 0 saturated carbocycles. The van der Waals surface area contributed by atoms with Gasteiger partial charge in [-0.3, -0.25) is 4.79 Å². The van der Waals surface area contributed by atoms with Crippen molar-refractivity contribution in [1.82, 2.24) is 4.90 Å². The van der Waals surface area contributed by atoms with E-state index in [-0.39, 0.29) is 11.7 Å². The minimum Gasteiger partial charge on any atom is -0.508 e. The van der Waals surface area contributed by atoms with Crippen molar-refractivity contribution < 1.29 is 9.90 Å². The molecule has 0 spiro atoms. The van der Waals surface area contributed by atoms with Crippen LogP contribution in [0.4, 0.5) is 0 Å². The molecular weight excluding hydrogens is 262 g/mol. The first-order valence-electron chi connectivity index (χ1n) is 7.38. The molecule has 1 saturated heterocycles. The van der Waals surface area contributed by atoms with E-state index in [4.69, 9.17) is 0 Å². The van der Waals surface area contributed by atoms with Crippen LogP contribution in [0, 0.1) is 0 Å². The SMILES string of the molecule is O=C(c1cccc(Cc2cccc(O)c2)c1)N1CCCC1. The van der Waals surface area contributed by atoms with Gasteiger partial charge in [-0.15, -0.1) is 0 Å². The van der Waals surface area contributed by atoms with E-state index in [9.17, 15) is 9.90 Å². The summed E-state index contributed by atoms with van der Waals surface area (Å²) in [5.41, 5.74) is 2.89. The van der Waals surface area contributed by atoms with Crippen molar-refractivity contribution >= 4 is 5.91 Å². The Hall–Kier alpha value is -2.29. The fourth-order valence-corrected chi connectivity index (χ4v) is 2.82. The van der Waals surface area contributed by atoms with Crippen LogP contribution in [0.15, 0.2) is 48.5 Å². The largest absolute Gasteiger partial charge is 0.508 e. The summed E-state index contributed by atoms with van der Waals surface area (Å²) in [5, 5.41) is 9.52. The number of phenolic OH excluding ortho intramolecular Hbond substituents is 1. The van der Waals surface area contributed by atoms with E-state index in [2.05, 4.69) is 0 Å². The fraction of sp³-hybridized carbons (Fsp3) is 0.278. The van der Waals surface area contributed by atoms with Gasteiger partial charge in [0.25, 0.3) is 5.91 Å². The minimum absolute atomic E-state index is 0.130. The predicted octanol–water partition coefficient (Wildman–Crippen LogP) is 3.22. The molecule has 21 heavy (non-hydrogen) atoms. The number of aromatic hydroxyl groups is 1. The van der Waals surface area contributed by atoms with Crippen molar-refractivity contribution in [3.05, 3.63) is 65.2 Å². The van der Waals surface area contributed by atoms with Crippen molar-refractivity contribution in [2.24, 2.45) is 0 Å². The molecule has 2 aromatic rings. The van der Waals surface area contributed by atoms with Crippen molar-refractivity contribution in [3.63, 3.8) is 0 Å². The summed E-state index contributed by atoms with van der Waals surface area (Å²) in [6.45, 7) is 1.74. The average molecular weight is 281 g/mol. The maximum Gasteiger partial charge on any atom is 0.253 e. The van der Waals surface area contributed by atoms with Gasteiger partial charge in [-0.25, -0.2) is 0 Å². The summed E-state index contributed by atoms with van der Waals surface area (Å²) < 4.78 is 0. The molecule has 0 aliphatic carbocycles. The van der Waals surface area contributed by atoms with Crippen LogP contribution in [-0.2, 0) is 6.42 Å². The molecule has 0 radical (unpaired) electrons. The Labute approximate surface area is 124 Å². The molecule has 1 heterocycles. The zero-order chi connectivity index (χ0) is 14.7. The Morgan fingerprint density at radius 3 is 2.38 bits per heavy atom. The molecule has 3 heteroatoms. The lowest BCUT2D eigenvalue weighted by atomic mass is 10.0. The molecule has 1 amide bonds. The van der Waals surface area contributed by atoms with Gasteiger partial charge in [-0.05, 0) is 54.7 Å². The van der Waals surface area contributed by atoms with Gasteiger partial charge in [0.05, 0.1) is 0 Å². The summed E-state index contributed by atoms with van der Waals surface area (Å²) in [6.07, 6.45) is 2.93. The molecule has 0 aromatic heterocycles. The van der Waals surface area contributed by atoms with E-state index in [0.29, 0.717) is 0 Å². The van der Waals surface area contributed by atoms with Crippen molar-refractivity contribution in [3.8, 4) is 5.75 Å². The Balaban J connectivity index is 1.78. The number of carbonyl (C=O) groups excluding carboxylic acids is 1. The number of likely N-dealkylation sites (tertiary alicyclic amines) is 1. The second-order valence-corrected chi connectivity index (χ2v) is 5.55. The molecule has 108 valence electrons. The van der Waals surface area contributed by atoms with Gasteiger partial charge in [0.1, 0.15) is 5.75 Å². The Bertz CT molecular complexity index is 645. The number of carbonyl (C=O) groups is 1. The molecule has 3 nitrogen and oxygen atoms in total. The second kappa shape index (κ2) is 6.00. The third-order valence-corrected chi connectivity index (χ3v) is 3.89. The standard InChI is InChI=1S/C18H19NO2/c20-17-8-4-6-15(13-17)11-14-5-3-7-16(12-14)18(21)19-9-1-2-10-19/h3-8,12-13,20H,1-2,9-11H2. The van der Waals surface area contributed by atoms with E-state index < -0.39 is 0 Å². The smallest absolute Gasteiger partial charge is 0.253 e. The van der Waals surface area contributed by atoms with Crippen LogP contribution in [0.1, 0.15) is 34.3 Å². The normalized spacial score (nSPS) is 14.4. The minimum atomic E-state index is 0.130. The highest BCUT2D eigenvalue weighted by atomic mass is 16.3. The zero-order valence-corrected chi connectivity index (χ0v) is 12.0. The van der Waals surface area contributed by atoms with Crippen LogP contribution in [0.25, 0.3) is 0 Å². The monoisotopic (exact) mass is 281 g/mol. The van der Waals surface area contributed by atoms with Crippen LogP contribution >= 0.6 is 0 Å². The fourth-order valence-electron chi connectivity index (χ4n) is 2.82. The van der Waals surface area contributed by atoms with E-state index in [1.54, 1.807) is 12.1 Å². The topological polar surface area (TPSA) is 40.5 Å². The molecule has 0 atom stereocenters. The molecule has 0 unspecified atom stereocenters. The number of nitrogens with zero attached hydrogens (tertiary/aromatic N) is 1. The Kier molecular flexibility index (Phi) is 3.91. The highest BCUT2D eigenvalue weighted by Crippen LogP contribution is 2.18. The van der Waals surface area contributed by atoms with E-state index in [1.165, 1.54) is 0 Å². The van der Waals surface area contributed by atoms with Gasteiger partial charge in [0, 0.05) is 18.7 Å².